The van der Waals surface area contributed by atoms with Gasteiger partial charge in [0.1, 0.15) is 5.01 Å². The Balaban J connectivity index is 1.43. The second-order valence-corrected chi connectivity index (χ2v) is 7.23. The average Bonchev–Trinajstić information content (AvgIpc) is 3.04. The smallest absolute Gasteiger partial charge is 0.208 e. The molecule has 2 atom stereocenters. The molecule has 5 heteroatoms. The molecule has 2 aliphatic heterocycles. The van der Waals surface area contributed by atoms with Gasteiger partial charge in [-0.3, -0.25) is 0 Å². The van der Waals surface area contributed by atoms with Crippen LogP contribution in [0.25, 0.3) is 0 Å². The molecule has 4 rings (SSSR count). The predicted molar refractivity (Wildman–Crippen MR) is 88.5 cm³/mol. The van der Waals surface area contributed by atoms with E-state index >= 15 is 0 Å². The van der Waals surface area contributed by atoms with Gasteiger partial charge in [0.05, 0.1) is 6.10 Å². The number of aromatic nitrogens is 2. The number of piperidine rings is 1. The van der Waals surface area contributed by atoms with E-state index in [1.54, 1.807) is 11.3 Å². The van der Waals surface area contributed by atoms with Crippen molar-refractivity contribution in [3.05, 3.63) is 40.9 Å². The summed E-state index contributed by atoms with van der Waals surface area (Å²) < 4.78 is 5.89. The quantitative estimate of drug-likeness (QED) is 0.872. The van der Waals surface area contributed by atoms with Crippen LogP contribution >= 0.6 is 11.3 Å². The standard InChI is InChI=1S/C17H21N3OS/c1-2-5-13(6-3-1)11-16-18-19-17(22-16)20-9-8-15-14(12-20)7-4-10-21-15/h1-3,5-6,14-15H,4,7-12H2/t14-,15-/m1/s1. The van der Waals surface area contributed by atoms with Gasteiger partial charge in [-0.15, -0.1) is 10.2 Å². The minimum atomic E-state index is 0.474. The third kappa shape index (κ3) is 3.01. The van der Waals surface area contributed by atoms with E-state index < -0.39 is 0 Å². The van der Waals surface area contributed by atoms with E-state index in [9.17, 15) is 0 Å². The van der Waals surface area contributed by atoms with E-state index in [0.29, 0.717) is 12.0 Å². The summed E-state index contributed by atoms with van der Waals surface area (Å²) in [5.74, 6) is 0.670. The molecule has 22 heavy (non-hydrogen) atoms. The zero-order chi connectivity index (χ0) is 14.8. The number of anilines is 1. The zero-order valence-corrected chi connectivity index (χ0v) is 13.5. The van der Waals surface area contributed by atoms with Crippen molar-refractivity contribution in [3.63, 3.8) is 0 Å². The molecule has 116 valence electrons. The predicted octanol–water partition coefficient (Wildman–Crippen LogP) is 3.13. The van der Waals surface area contributed by atoms with E-state index in [-0.39, 0.29) is 0 Å². The van der Waals surface area contributed by atoms with Crippen LogP contribution in [0.15, 0.2) is 30.3 Å². The molecule has 2 fully saturated rings. The van der Waals surface area contributed by atoms with E-state index in [1.807, 2.05) is 6.07 Å². The summed E-state index contributed by atoms with van der Waals surface area (Å²) >= 11 is 1.74. The van der Waals surface area contributed by atoms with Crippen LogP contribution in [0.2, 0.25) is 0 Å². The van der Waals surface area contributed by atoms with Crippen molar-refractivity contribution >= 4 is 16.5 Å². The summed E-state index contributed by atoms with van der Waals surface area (Å²) in [4.78, 5) is 2.40. The molecule has 2 saturated heterocycles. The van der Waals surface area contributed by atoms with E-state index in [1.165, 1.54) is 18.4 Å². The van der Waals surface area contributed by atoms with Gasteiger partial charge in [0.25, 0.3) is 0 Å². The maximum Gasteiger partial charge on any atom is 0.208 e. The monoisotopic (exact) mass is 315 g/mol. The molecule has 2 aromatic rings. The van der Waals surface area contributed by atoms with Crippen molar-refractivity contribution < 1.29 is 4.74 Å². The van der Waals surface area contributed by atoms with Gasteiger partial charge in [0.2, 0.25) is 5.13 Å². The molecular weight excluding hydrogens is 294 g/mol. The van der Waals surface area contributed by atoms with Crippen LogP contribution in [0.1, 0.15) is 29.8 Å². The lowest BCUT2D eigenvalue weighted by molar-refractivity contribution is -0.0357. The van der Waals surface area contributed by atoms with Gasteiger partial charge in [-0.25, -0.2) is 0 Å². The number of hydrogen-bond acceptors (Lipinski definition) is 5. The van der Waals surface area contributed by atoms with Crippen molar-refractivity contribution in [1.29, 1.82) is 0 Å². The van der Waals surface area contributed by atoms with E-state index in [0.717, 1.165) is 42.7 Å². The van der Waals surface area contributed by atoms with Crippen LogP contribution < -0.4 is 4.90 Å². The Morgan fingerprint density at radius 3 is 3.00 bits per heavy atom. The fourth-order valence-electron chi connectivity index (χ4n) is 3.48. The lowest BCUT2D eigenvalue weighted by atomic mass is 9.89. The highest BCUT2D eigenvalue weighted by atomic mass is 32.1. The minimum absolute atomic E-state index is 0.474. The van der Waals surface area contributed by atoms with Crippen LogP contribution in [-0.2, 0) is 11.2 Å². The average molecular weight is 315 g/mol. The molecule has 0 amide bonds. The number of hydrogen-bond donors (Lipinski definition) is 0. The Kier molecular flexibility index (Phi) is 4.08. The molecule has 4 nitrogen and oxygen atoms in total. The molecule has 1 aromatic heterocycles. The maximum absolute atomic E-state index is 5.89. The second kappa shape index (κ2) is 6.34. The maximum atomic E-state index is 5.89. The number of fused-ring (bicyclic) bond motifs is 1. The molecule has 1 aromatic carbocycles. The summed E-state index contributed by atoms with van der Waals surface area (Å²) in [6.45, 7) is 3.06. The van der Waals surface area contributed by atoms with Gasteiger partial charge in [-0.2, -0.15) is 0 Å². The molecule has 0 spiro atoms. The van der Waals surface area contributed by atoms with Gasteiger partial charge in [0, 0.05) is 32.0 Å². The third-order valence-corrected chi connectivity index (χ3v) is 5.62. The Bertz CT molecular complexity index is 615. The minimum Gasteiger partial charge on any atom is -0.378 e. The molecule has 3 heterocycles. The number of ether oxygens (including phenoxy) is 1. The second-order valence-electron chi connectivity index (χ2n) is 6.19. The Morgan fingerprint density at radius 1 is 1.18 bits per heavy atom. The molecule has 0 unspecified atom stereocenters. The first-order valence-electron chi connectivity index (χ1n) is 8.11. The van der Waals surface area contributed by atoms with Crippen LogP contribution in [0, 0.1) is 5.92 Å². The number of rotatable bonds is 3. The lowest BCUT2D eigenvalue weighted by Gasteiger charge is -2.40. The molecule has 0 N–H and O–H groups in total. The van der Waals surface area contributed by atoms with Crippen molar-refractivity contribution in [2.45, 2.75) is 31.8 Å². The van der Waals surface area contributed by atoms with Crippen LogP contribution in [0.4, 0.5) is 5.13 Å². The highest BCUT2D eigenvalue weighted by Gasteiger charge is 2.33. The van der Waals surface area contributed by atoms with Gasteiger partial charge >= 0.3 is 0 Å². The summed E-state index contributed by atoms with van der Waals surface area (Å²) in [5.41, 5.74) is 1.30. The van der Waals surface area contributed by atoms with Crippen molar-refractivity contribution in [1.82, 2.24) is 10.2 Å². The molecule has 0 saturated carbocycles. The number of nitrogens with zero attached hydrogens (tertiary/aromatic N) is 3. The summed E-state index contributed by atoms with van der Waals surface area (Å²) in [6, 6.07) is 10.5. The molecule has 2 aliphatic rings. The summed E-state index contributed by atoms with van der Waals surface area (Å²) in [7, 11) is 0. The fraction of sp³-hybridized carbons (Fsp3) is 0.529. The highest BCUT2D eigenvalue weighted by Crippen LogP contribution is 2.32. The van der Waals surface area contributed by atoms with Gasteiger partial charge in [-0.05, 0) is 24.8 Å². The third-order valence-electron chi connectivity index (χ3n) is 4.64. The van der Waals surface area contributed by atoms with Gasteiger partial charge in [0.15, 0.2) is 0 Å². The Morgan fingerprint density at radius 2 is 2.09 bits per heavy atom. The topological polar surface area (TPSA) is 38.2 Å². The van der Waals surface area contributed by atoms with Crippen LogP contribution in [0.3, 0.4) is 0 Å². The first-order valence-corrected chi connectivity index (χ1v) is 8.93. The summed E-state index contributed by atoms with van der Waals surface area (Å²) in [5, 5.41) is 11.0. The summed E-state index contributed by atoms with van der Waals surface area (Å²) in [6.07, 6.45) is 4.96. The van der Waals surface area contributed by atoms with Crippen molar-refractivity contribution in [3.8, 4) is 0 Å². The van der Waals surface area contributed by atoms with E-state index in [4.69, 9.17) is 4.74 Å². The molecule has 0 bridgehead atoms. The Labute approximate surface area is 135 Å². The van der Waals surface area contributed by atoms with E-state index in [2.05, 4.69) is 39.4 Å². The van der Waals surface area contributed by atoms with Gasteiger partial charge < -0.3 is 9.64 Å². The highest BCUT2D eigenvalue weighted by molar-refractivity contribution is 7.15. The van der Waals surface area contributed by atoms with Crippen molar-refractivity contribution in [2.24, 2.45) is 5.92 Å². The molecular formula is C17H21N3OS. The van der Waals surface area contributed by atoms with Gasteiger partial charge in [-0.1, -0.05) is 41.7 Å². The zero-order valence-electron chi connectivity index (χ0n) is 12.6. The Hall–Kier alpha value is -1.46. The van der Waals surface area contributed by atoms with Crippen LogP contribution in [0.5, 0.6) is 0 Å². The first-order chi connectivity index (χ1) is 10.9. The molecule has 0 aliphatic carbocycles. The number of benzene rings is 1. The lowest BCUT2D eigenvalue weighted by Crippen LogP contribution is -2.46. The largest absolute Gasteiger partial charge is 0.378 e. The molecule has 0 radical (unpaired) electrons. The fourth-order valence-corrected chi connectivity index (χ4v) is 4.38. The first kappa shape index (κ1) is 14.2. The normalized spacial score (nSPS) is 25.0. The van der Waals surface area contributed by atoms with Crippen LogP contribution in [-0.4, -0.2) is 36.0 Å². The SMILES string of the molecule is c1ccc(Cc2nnc(N3CC[C@H]4OCCC[C@@H]4C3)s2)cc1. The van der Waals surface area contributed by atoms with Crippen molar-refractivity contribution in [2.75, 3.05) is 24.6 Å².